The van der Waals surface area contributed by atoms with Crippen molar-refractivity contribution in [2.45, 2.75) is 13.5 Å². The van der Waals surface area contributed by atoms with Gasteiger partial charge in [-0.2, -0.15) is 0 Å². The second kappa shape index (κ2) is 8.39. The Kier molecular flexibility index (Phi) is 5.71. The van der Waals surface area contributed by atoms with Crippen LogP contribution in [-0.4, -0.2) is 45.4 Å². The van der Waals surface area contributed by atoms with E-state index >= 15 is 0 Å². The number of quaternary nitrogens is 2. The summed E-state index contributed by atoms with van der Waals surface area (Å²) in [6.07, 6.45) is 0. The Morgan fingerprint density at radius 3 is 2.61 bits per heavy atom. The average Bonchev–Trinajstić information content (AvgIpc) is 3.14. The number of nitrogens with one attached hydrogen (secondary N) is 3. The third-order valence-electron chi connectivity index (χ3n) is 5.44. The number of rotatable bonds is 5. The minimum Gasteiger partial charge on any atom is -0.454 e. The maximum Gasteiger partial charge on any atom is 0.279 e. The van der Waals surface area contributed by atoms with Gasteiger partial charge in [-0.1, -0.05) is 17.7 Å². The van der Waals surface area contributed by atoms with Crippen LogP contribution < -0.4 is 24.6 Å². The third kappa shape index (κ3) is 4.58. The molecule has 148 valence electrons. The van der Waals surface area contributed by atoms with Gasteiger partial charge in [-0.3, -0.25) is 4.79 Å². The number of halogens is 1. The summed E-state index contributed by atoms with van der Waals surface area (Å²) in [6, 6.07) is 11.7. The summed E-state index contributed by atoms with van der Waals surface area (Å²) < 4.78 is 10.8. The van der Waals surface area contributed by atoms with E-state index in [0.29, 0.717) is 18.4 Å². The number of fused-ring (bicyclic) bond motifs is 1. The molecule has 7 heteroatoms. The van der Waals surface area contributed by atoms with Crippen LogP contribution in [0.1, 0.15) is 11.1 Å². The van der Waals surface area contributed by atoms with E-state index in [-0.39, 0.29) is 5.91 Å². The molecule has 1 saturated heterocycles. The van der Waals surface area contributed by atoms with Crippen LogP contribution in [0.3, 0.4) is 0 Å². The third-order valence-corrected chi connectivity index (χ3v) is 5.67. The van der Waals surface area contributed by atoms with Gasteiger partial charge in [0.2, 0.25) is 6.79 Å². The number of amides is 1. The number of ether oxygens (including phenoxy) is 2. The molecular weight excluding hydrogens is 378 g/mol. The van der Waals surface area contributed by atoms with Crippen molar-refractivity contribution in [2.75, 3.05) is 44.8 Å². The van der Waals surface area contributed by atoms with Crippen molar-refractivity contribution in [3.8, 4) is 11.5 Å². The predicted molar refractivity (Wildman–Crippen MR) is 107 cm³/mol. The fourth-order valence-corrected chi connectivity index (χ4v) is 3.97. The van der Waals surface area contributed by atoms with Gasteiger partial charge in [-0.25, -0.2) is 0 Å². The van der Waals surface area contributed by atoms with E-state index in [0.717, 1.165) is 55.5 Å². The molecule has 0 aliphatic carbocycles. The van der Waals surface area contributed by atoms with E-state index in [1.54, 1.807) is 6.07 Å². The highest BCUT2D eigenvalue weighted by Gasteiger charge is 2.25. The van der Waals surface area contributed by atoms with Gasteiger partial charge in [0.1, 0.15) is 32.7 Å². The second-order valence-electron chi connectivity index (χ2n) is 7.55. The van der Waals surface area contributed by atoms with Gasteiger partial charge in [0.05, 0.1) is 0 Å². The van der Waals surface area contributed by atoms with E-state index in [4.69, 9.17) is 21.1 Å². The standard InChI is InChI=1S/C21H24ClN3O3/c1-15-2-4-17(22)11-18(15)23-21(26)13-25-8-6-24(7-9-25)12-16-3-5-19-20(10-16)28-14-27-19/h2-5,10-11H,6-9,12-14H2,1H3,(H,23,26)/p+2. The second-order valence-corrected chi connectivity index (χ2v) is 7.99. The number of carbonyl (C=O) groups is 1. The molecule has 2 heterocycles. The number of anilines is 1. The molecule has 1 fully saturated rings. The van der Waals surface area contributed by atoms with Crippen molar-refractivity contribution in [1.82, 2.24) is 0 Å². The molecule has 0 spiro atoms. The first-order valence-corrected chi connectivity index (χ1v) is 10.1. The van der Waals surface area contributed by atoms with Crippen molar-refractivity contribution in [2.24, 2.45) is 0 Å². The Labute approximate surface area is 170 Å². The molecule has 1 amide bonds. The topological polar surface area (TPSA) is 56.4 Å². The minimum atomic E-state index is 0.0413. The molecule has 0 radical (unpaired) electrons. The van der Waals surface area contributed by atoms with Crippen LogP contribution >= 0.6 is 11.6 Å². The monoisotopic (exact) mass is 403 g/mol. The van der Waals surface area contributed by atoms with Crippen molar-refractivity contribution >= 4 is 23.2 Å². The highest BCUT2D eigenvalue weighted by atomic mass is 35.5. The van der Waals surface area contributed by atoms with Crippen LogP contribution in [0.5, 0.6) is 11.5 Å². The van der Waals surface area contributed by atoms with Gasteiger partial charge in [0.15, 0.2) is 18.0 Å². The average molecular weight is 404 g/mol. The van der Waals surface area contributed by atoms with Gasteiger partial charge in [0.25, 0.3) is 5.91 Å². The zero-order valence-corrected chi connectivity index (χ0v) is 16.8. The number of aryl methyl sites for hydroxylation is 1. The molecule has 0 saturated carbocycles. The normalized spacial score (nSPS) is 20.8. The minimum absolute atomic E-state index is 0.0413. The van der Waals surface area contributed by atoms with E-state index in [1.165, 1.54) is 15.4 Å². The van der Waals surface area contributed by atoms with Crippen molar-refractivity contribution < 1.29 is 24.1 Å². The fraction of sp³-hybridized carbons (Fsp3) is 0.381. The molecule has 6 nitrogen and oxygen atoms in total. The van der Waals surface area contributed by atoms with Gasteiger partial charge in [-0.05, 0) is 42.8 Å². The lowest BCUT2D eigenvalue weighted by Gasteiger charge is -2.29. The van der Waals surface area contributed by atoms with Gasteiger partial charge >= 0.3 is 0 Å². The molecule has 2 aliphatic rings. The number of hydrogen-bond donors (Lipinski definition) is 3. The zero-order chi connectivity index (χ0) is 19.5. The van der Waals surface area contributed by atoms with E-state index < -0.39 is 0 Å². The Bertz CT molecular complexity index is 866. The molecule has 2 aromatic rings. The van der Waals surface area contributed by atoms with Gasteiger partial charge in [0, 0.05) is 16.3 Å². The van der Waals surface area contributed by atoms with Crippen LogP contribution in [0, 0.1) is 6.92 Å². The summed E-state index contributed by atoms with van der Waals surface area (Å²) in [6.45, 7) is 7.81. The van der Waals surface area contributed by atoms with Crippen LogP contribution in [0.25, 0.3) is 0 Å². The first-order valence-electron chi connectivity index (χ1n) is 9.68. The van der Waals surface area contributed by atoms with Crippen LogP contribution in [-0.2, 0) is 11.3 Å². The zero-order valence-electron chi connectivity index (χ0n) is 16.0. The van der Waals surface area contributed by atoms with Crippen molar-refractivity contribution in [3.63, 3.8) is 0 Å². The highest BCUT2D eigenvalue weighted by Crippen LogP contribution is 2.32. The van der Waals surface area contributed by atoms with Gasteiger partial charge in [-0.15, -0.1) is 0 Å². The largest absolute Gasteiger partial charge is 0.454 e. The Morgan fingerprint density at radius 2 is 1.79 bits per heavy atom. The predicted octanol–water partition coefficient (Wildman–Crippen LogP) is 0.299. The van der Waals surface area contributed by atoms with Crippen LogP contribution in [0.4, 0.5) is 5.69 Å². The smallest absolute Gasteiger partial charge is 0.279 e. The lowest BCUT2D eigenvalue weighted by Crippen LogP contribution is -3.28. The maximum atomic E-state index is 12.4. The van der Waals surface area contributed by atoms with Crippen LogP contribution in [0.2, 0.25) is 5.02 Å². The molecule has 0 unspecified atom stereocenters. The molecule has 0 atom stereocenters. The summed E-state index contributed by atoms with van der Waals surface area (Å²) in [7, 11) is 0. The number of piperazine rings is 1. The summed E-state index contributed by atoms with van der Waals surface area (Å²) in [5.41, 5.74) is 3.08. The SMILES string of the molecule is Cc1ccc(Cl)cc1NC(=O)C[NH+]1CC[NH+](Cc2ccc3c(c2)OCO3)CC1. The first kappa shape index (κ1) is 19.1. The highest BCUT2D eigenvalue weighted by molar-refractivity contribution is 6.31. The summed E-state index contributed by atoms with van der Waals surface area (Å²) in [5.74, 6) is 1.71. The fourth-order valence-electron chi connectivity index (χ4n) is 3.80. The number of carbonyl (C=O) groups excluding carboxylic acids is 1. The molecule has 2 aliphatic heterocycles. The van der Waals surface area contributed by atoms with E-state index in [1.807, 2.05) is 25.1 Å². The molecule has 0 bridgehead atoms. The van der Waals surface area contributed by atoms with E-state index in [9.17, 15) is 4.79 Å². The number of benzene rings is 2. The molecule has 2 aromatic carbocycles. The number of hydrogen-bond acceptors (Lipinski definition) is 3. The lowest BCUT2D eigenvalue weighted by atomic mass is 10.1. The molecular formula is C21H26ClN3O3+2. The molecule has 28 heavy (non-hydrogen) atoms. The first-order chi connectivity index (χ1) is 13.6. The molecule has 4 rings (SSSR count). The quantitative estimate of drug-likeness (QED) is 0.673. The lowest BCUT2D eigenvalue weighted by molar-refractivity contribution is -1.02. The Hall–Kier alpha value is -2.28. The Balaban J connectivity index is 1.25. The van der Waals surface area contributed by atoms with Crippen LogP contribution in [0.15, 0.2) is 36.4 Å². The van der Waals surface area contributed by atoms with E-state index in [2.05, 4.69) is 17.4 Å². The summed E-state index contributed by atoms with van der Waals surface area (Å²) in [5, 5.41) is 3.63. The molecule has 0 aromatic heterocycles. The maximum absolute atomic E-state index is 12.4. The molecule has 3 N–H and O–H groups in total. The summed E-state index contributed by atoms with van der Waals surface area (Å²) >= 11 is 6.03. The van der Waals surface area contributed by atoms with Gasteiger partial charge < -0.3 is 24.6 Å². The van der Waals surface area contributed by atoms with Crippen molar-refractivity contribution in [1.29, 1.82) is 0 Å². The summed E-state index contributed by atoms with van der Waals surface area (Å²) in [4.78, 5) is 15.3. The van der Waals surface area contributed by atoms with Crippen molar-refractivity contribution in [3.05, 3.63) is 52.5 Å². The Morgan fingerprint density at radius 1 is 1.04 bits per heavy atom.